The fraction of sp³-hybridized carbons (Fsp3) is 0.222. The standard InChI is InChI=1S/C9H11FN2O/c10-7-2-3-9(8(11)6-7)12-4-1-5-13/h2-3,5-6,12H,1,4,11H2. The van der Waals surface area contributed by atoms with E-state index in [2.05, 4.69) is 5.32 Å². The lowest BCUT2D eigenvalue weighted by Crippen LogP contribution is -2.04. The van der Waals surface area contributed by atoms with Crippen LogP contribution in [0.15, 0.2) is 18.2 Å². The number of benzene rings is 1. The average molecular weight is 182 g/mol. The van der Waals surface area contributed by atoms with Crippen LogP contribution in [-0.4, -0.2) is 12.8 Å². The van der Waals surface area contributed by atoms with Gasteiger partial charge in [0.15, 0.2) is 0 Å². The summed E-state index contributed by atoms with van der Waals surface area (Å²) in [5.74, 6) is -0.363. The molecule has 0 bridgehead atoms. The van der Waals surface area contributed by atoms with Gasteiger partial charge in [0.25, 0.3) is 0 Å². The highest BCUT2D eigenvalue weighted by atomic mass is 19.1. The van der Waals surface area contributed by atoms with Gasteiger partial charge in [-0.2, -0.15) is 0 Å². The maximum atomic E-state index is 12.6. The lowest BCUT2D eigenvalue weighted by Gasteiger charge is -2.06. The summed E-state index contributed by atoms with van der Waals surface area (Å²) in [5.41, 5.74) is 6.52. The number of hydrogen-bond acceptors (Lipinski definition) is 3. The number of anilines is 2. The van der Waals surface area contributed by atoms with Gasteiger partial charge in [0.2, 0.25) is 0 Å². The molecule has 0 aliphatic heterocycles. The van der Waals surface area contributed by atoms with E-state index in [1.807, 2.05) is 0 Å². The van der Waals surface area contributed by atoms with E-state index >= 15 is 0 Å². The Morgan fingerprint density at radius 3 is 2.92 bits per heavy atom. The first kappa shape index (κ1) is 9.51. The minimum absolute atomic E-state index is 0.353. The number of rotatable bonds is 4. The fourth-order valence-electron chi connectivity index (χ4n) is 0.960. The van der Waals surface area contributed by atoms with Crippen molar-refractivity contribution in [1.82, 2.24) is 0 Å². The second kappa shape index (κ2) is 4.45. The molecular formula is C9H11FN2O. The normalized spacial score (nSPS) is 9.62. The van der Waals surface area contributed by atoms with E-state index in [4.69, 9.17) is 5.73 Å². The van der Waals surface area contributed by atoms with Crippen LogP contribution in [0.1, 0.15) is 6.42 Å². The molecule has 0 heterocycles. The topological polar surface area (TPSA) is 55.1 Å². The maximum absolute atomic E-state index is 12.6. The van der Waals surface area contributed by atoms with Gasteiger partial charge in [-0.25, -0.2) is 4.39 Å². The zero-order valence-electron chi connectivity index (χ0n) is 7.09. The lowest BCUT2D eigenvalue weighted by atomic mass is 10.2. The van der Waals surface area contributed by atoms with Crippen LogP contribution < -0.4 is 11.1 Å². The number of carbonyl (C=O) groups is 1. The van der Waals surface area contributed by atoms with Gasteiger partial charge in [-0.3, -0.25) is 0 Å². The molecule has 0 unspecified atom stereocenters. The Hall–Kier alpha value is -1.58. The van der Waals surface area contributed by atoms with E-state index in [9.17, 15) is 9.18 Å². The predicted molar refractivity (Wildman–Crippen MR) is 50.0 cm³/mol. The quantitative estimate of drug-likeness (QED) is 0.420. The van der Waals surface area contributed by atoms with Gasteiger partial charge in [-0.1, -0.05) is 0 Å². The van der Waals surface area contributed by atoms with Gasteiger partial charge in [-0.05, 0) is 18.2 Å². The highest BCUT2D eigenvalue weighted by Gasteiger charge is 1.98. The zero-order valence-corrected chi connectivity index (χ0v) is 7.09. The van der Waals surface area contributed by atoms with Gasteiger partial charge in [0.1, 0.15) is 12.1 Å². The molecule has 0 spiro atoms. The molecule has 1 aromatic rings. The molecule has 0 aliphatic carbocycles. The molecule has 13 heavy (non-hydrogen) atoms. The van der Waals surface area contributed by atoms with Crippen molar-refractivity contribution in [3.8, 4) is 0 Å². The molecule has 4 heteroatoms. The Kier molecular flexibility index (Phi) is 3.25. The summed E-state index contributed by atoms with van der Waals surface area (Å²) in [5, 5.41) is 2.92. The molecule has 0 radical (unpaired) electrons. The van der Waals surface area contributed by atoms with E-state index in [-0.39, 0.29) is 5.82 Å². The molecule has 0 saturated heterocycles. The van der Waals surface area contributed by atoms with Crippen LogP contribution in [0.2, 0.25) is 0 Å². The van der Waals surface area contributed by atoms with Crippen LogP contribution in [0.3, 0.4) is 0 Å². The number of hydrogen-bond donors (Lipinski definition) is 2. The SMILES string of the molecule is Nc1cc(F)ccc1NCCC=O. The molecule has 1 rings (SSSR count). The Morgan fingerprint density at radius 1 is 1.54 bits per heavy atom. The van der Waals surface area contributed by atoms with E-state index in [0.29, 0.717) is 24.3 Å². The van der Waals surface area contributed by atoms with Crippen LogP contribution in [0.25, 0.3) is 0 Å². The van der Waals surface area contributed by atoms with Gasteiger partial charge >= 0.3 is 0 Å². The molecular weight excluding hydrogens is 171 g/mol. The van der Waals surface area contributed by atoms with Crippen molar-refractivity contribution in [3.63, 3.8) is 0 Å². The highest BCUT2D eigenvalue weighted by molar-refractivity contribution is 5.66. The fourth-order valence-corrected chi connectivity index (χ4v) is 0.960. The van der Waals surface area contributed by atoms with Crippen LogP contribution in [-0.2, 0) is 4.79 Å². The number of halogens is 1. The predicted octanol–water partition coefficient (Wildman–Crippen LogP) is 1.41. The summed E-state index contributed by atoms with van der Waals surface area (Å²) in [4.78, 5) is 10.0. The van der Waals surface area contributed by atoms with Crippen LogP contribution in [0.4, 0.5) is 15.8 Å². The van der Waals surface area contributed by atoms with E-state index in [0.717, 1.165) is 6.29 Å². The number of nitrogen functional groups attached to an aromatic ring is 1. The first-order valence-corrected chi connectivity index (χ1v) is 3.96. The average Bonchev–Trinajstić information content (AvgIpc) is 2.09. The summed E-state index contributed by atoms with van der Waals surface area (Å²) in [6, 6.07) is 4.11. The Balaban J connectivity index is 2.61. The van der Waals surface area contributed by atoms with Crippen molar-refractivity contribution in [2.75, 3.05) is 17.6 Å². The Bertz CT molecular complexity index is 302. The second-order valence-corrected chi connectivity index (χ2v) is 2.61. The van der Waals surface area contributed by atoms with Crippen LogP contribution >= 0.6 is 0 Å². The van der Waals surface area contributed by atoms with Crippen molar-refractivity contribution in [2.24, 2.45) is 0 Å². The third kappa shape index (κ3) is 2.74. The maximum Gasteiger partial charge on any atom is 0.125 e. The summed E-state index contributed by atoms with van der Waals surface area (Å²) in [6.45, 7) is 0.513. The molecule has 3 N–H and O–H groups in total. The molecule has 0 aromatic heterocycles. The van der Waals surface area contributed by atoms with Gasteiger partial charge in [0, 0.05) is 13.0 Å². The van der Waals surface area contributed by atoms with Crippen LogP contribution in [0, 0.1) is 5.82 Å². The minimum atomic E-state index is -0.363. The van der Waals surface area contributed by atoms with E-state index < -0.39 is 0 Å². The van der Waals surface area contributed by atoms with Gasteiger partial charge < -0.3 is 15.8 Å². The third-order valence-corrected chi connectivity index (χ3v) is 1.59. The summed E-state index contributed by atoms with van der Waals surface area (Å²) in [6.07, 6.45) is 1.23. The van der Waals surface area contributed by atoms with Gasteiger partial charge in [0.05, 0.1) is 11.4 Å². The lowest BCUT2D eigenvalue weighted by molar-refractivity contribution is -0.107. The Labute approximate surface area is 75.7 Å². The monoisotopic (exact) mass is 182 g/mol. The second-order valence-electron chi connectivity index (χ2n) is 2.61. The van der Waals surface area contributed by atoms with Crippen molar-refractivity contribution >= 4 is 17.7 Å². The summed E-state index contributed by atoms with van der Waals surface area (Å²) >= 11 is 0. The number of carbonyl (C=O) groups excluding carboxylic acids is 1. The number of nitrogens with one attached hydrogen (secondary N) is 1. The van der Waals surface area contributed by atoms with Crippen molar-refractivity contribution < 1.29 is 9.18 Å². The summed E-state index contributed by atoms with van der Waals surface area (Å²) < 4.78 is 12.6. The first-order chi connectivity index (χ1) is 6.24. The molecule has 0 atom stereocenters. The molecule has 70 valence electrons. The Morgan fingerprint density at radius 2 is 2.31 bits per heavy atom. The molecule has 0 fully saturated rings. The summed E-state index contributed by atoms with van der Waals surface area (Å²) in [7, 11) is 0. The van der Waals surface area contributed by atoms with Crippen molar-refractivity contribution in [3.05, 3.63) is 24.0 Å². The van der Waals surface area contributed by atoms with Crippen molar-refractivity contribution in [1.29, 1.82) is 0 Å². The van der Waals surface area contributed by atoms with E-state index in [1.165, 1.54) is 12.1 Å². The molecule has 3 nitrogen and oxygen atoms in total. The van der Waals surface area contributed by atoms with Crippen molar-refractivity contribution in [2.45, 2.75) is 6.42 Å². The first-order valence-electron chi connectivity index (χ1n) is 3.96. The minimum Gasteiger partial charge on any atom is -0.397 e. The molecule has 0 aliphatic rings. The number of nitrogens with two attached hydrogens (primary N) is 1. The molecule has 0 saturated carbocycles. The number of aldehydes is 1. The smallest absolute Gasteiger partial charge is 0.125 e. The van der Waals surface area contributed by atoms with E-state index in [1.54, 1.807) is 6.07 Å². The van der Waals surface area contributed by atoms with Gasteiger partial charge in [-0.15, -0.1) is 0 Å². The molecule has 0 amide bonds. The van der Waals surface area contributed by atoms with Crippen LogP contribution in [0.5, 0.6) is 0 Å². The highest BCUT2D eigenvalue weighted by Crippen LogP contribution is 2.18. The largest absolute Gasteiger partial charge is 0.397 e. The third-order valence-electron chi connectivity index (χ3n) is 1.59. The zero-order chi connectivity index (χ0) is 9.68. The molecule has 1 aromatic carbocycles.